The van der Waals surface area contributed by atoms with Gasteiger partial charge in [-0.3, -0.25) is 4.79 Å². The number of hydrogen-bond acceptors (Lipinski definition) is 4. The zero-order valence-electron chi connectivity index (χ0n) is 16.6. The quantitative estimate of drug-likeness (QED) is 0.408. The molecule has 0 aliphatic carbocycles. The van der Waals surface area contributed by atoms with E-state index in [1.807, 2.05) is 55.5 Å². The van der Waals surface area contributed by atoms with Crippen LogP contribution in [0.25, 0.3) is 11.1 Å². The van der Waals surface area contributed by atoms with Gasteiger partial charge in [-0.25, -0.2) is 9.97 Å². The maximum Gasteiger partial charge on any atom is 0.228 e. The van der Waals surface area contributed by atoms with E-state index in [4.69, 9.17) is 0 Å². The van der Waals surface area contributed by atoms with Crippen molar-refractivity contribution in [3.8, 4) is 11.1 Å². The Labute approximate surface area is 180 Å². The number of carbonyl (C=O) groups is 1. The zero-order valence-corrected chi connectivity index (χ0v) is 17.4. The largest absolute Gasteiger partial charge is 0.326 e. The molecule has 0 fully saturated rings. The SMILES string of the molecule is Cc1cc(Sc2ncccn2)ccc1NC(=O)Cc1ccc(-c2ccccc2)cc1. The van der Waals surface area contributed by atoms with E-state index in [0.29, 0.717) is 11.6 Å². The van der Waals surface area contributed by atoms with E-state index in [9.17, 15) is 4.79 Å². The maximum atomic E-state index is 12.5. The van der Waals surface area contributed by atoms with E-state index in [1.165, 1.54) is 17.3 Å². The third-order valence-electron chi connectivity index (χ3n) is 4.65. The van der Waals surface area contributed by atoms with Crippen LogP contribution in [0.5, 0.6) is 0 Å². The minimum atomic E-state index is -0.0302. The van der Waals surface area contributed by atoms with Crippen LogP contribution in [0.2, 0.25) is 0 Å². The molecule has 148 valence electrons. The summed E-state index contributed by atoms with van der Waals surface area (Å²) in [5.74, 6) is -0.0302. The van der Waals surface area contributed by atoms with Gasteiger partial charge in [0, 0.05) is 23.0 Å². The van der Waals surface area contributed by atoms with E-state index in [2.05, 4.69) is 39.6 Å². The summed E-state index contributed by atoms with van der Waals surface area (Å²) < 4.78 is 0. The van der Waals surface area contributed by atoms with Gasteiger partial charge in [-0.05, 0) is 65.2 Å². The minimum Gasteiger partial charge on any atom is -0.326 e. The van der Waals surface area contributed by atoms with Crippen LogP contribution in [0.15, 0.2) is 101 Å². The molecule has 0 aliphatic rings. The fourth-order valence-corrected chi connectivity index (χ4v) is 3.92. The number of anilines is 1. The second-order valence-electron chi connectivity index (χ2n) is 6.90. The number of hydrogen-bond donors (Lipinski definition) is 1. The molecule has 4 nitrogen and oxygen atoms in total. The predicted octanol–water partition coefficient (Wildman–Crippen LogP) is 5.78. The number of nitrogens with one attached hydrogen (secondary N) is 1. The van der Waals surface area contributed by atoms with Gasteiger partial charge in [-0.2, -0.15) is 0 Å². The van der Waals surface area contributed by atoms with Crippen LogP contribution in [0, 0.1) is 6.92 Å². The van der Waals surface area contributed by atoms with E-state index in [1.54, 1.807) is 18.5 Å². The van der Waals surface area contributed by atoms with Gasteiger partial charge >= 0.3 is 0 Å². The van der Waals surface area contributed by atoms with E-state index >= 15 is 0 Å². The Balaban J connectivity index is 1.38. The first kappa shape index (κ1) is 19.9. The number of amides is 1. The highest BCUT2D eigenvalue weighted by molar-refractivity contribution is 7.99. The summed E-state index contributed by atoms with van der Waals surface area (Å²) in [6.45, 7) is 1.99. The summed E-state index contributed by atoms with van der Waals surface area (Å²) in [7, 11) is 0. The van der Waals surface area contributed by atoms with Crippen molar-refractivity contribution < 1.29 is 4.79 Å². The summed E-state index contributed by atoms with van der Waals surface area (Å²) in [4.78, 5) is 22.0. The third-order valence-corrected chi connectivity index (χ3v) is 5.53. The van der Waals surface area contributed by atoms with Crippen molar-refractivity contribution in [3.63, 3.8) is 0 Å². The van der Waals surface area contributed by atoms with Crippen molar-refractivity contribution in [1.29, 1.82) is 0 Å². The van der Waals surface area contributed by atoms with Crippen molar-refractivity contribution in [2.45, 2.75) is 23.4 Å². The number of rotatable bonds is 6. The second-order valence-corrected chi connectivity index (χ2v) is 7.94. The molecule has 4 rings (SSSR count). The Bertz CT molecular complexity index is 1130. The van der Waals surface area contributed by atoms with E-state index in [0.717, 1.165) is 27.3 Å². The van der Waals surface area contributed by atoms with E-state index < -0.39 is 0 Å². The van der Waals surface area contributed by atoms with Gasteiger partial charge < -0.3 is 5.32 Å². The number of nitrogens with zero attached hydrogens (tertiary/aromatic N) is 2. The van der Waals surface area contributed by atoms with Crippen LogP contribution in [-0.2, 0) is 11.2 Å². The molecule has 1 aromatic heterocycles. The maximum absolute atomic E-state index is 12.5. The van der Waals surface area contributed by atoms with Crippen LogP contribution in [0.4, 0.5) is 5.69 Å². The highest BCUT2D eigenvalue weighted by atomic mass is 32.2. The molecule has 0 saturated carbocycles. The zero-order chi connectivity index (χ0) is 20.8. The molecular formula is C25H21N3OS. The van der Waals surface area contributed by atoms with Crippen LogP contribution in [0.1, 0.15) is 11.1 Å². The Morgan fingerprint density at radius 2 is 1.57 bits per heavy atom. The lowest BCUT2D eigenvalue weighted by Crippen LogP contribution is -2.15. The first-order valence-electron chi connectivity index (χ1n) is 9.67. The molecule has 0 bridgehead atoms. The molecule has 3 aromatic carbocycles. The van der Waals surface area contributed by atoms with Crippen molar-refractivity contribution in [1.82, 2.24) is 9.97 Å². The van der Waals surface area contributed by atoms with Gasteiger partial charge in [0.05, 0.1) is 6.42 Å². The molecule has 1 amide bonds. The molecule has 0 saturated heterocycles. The molecule has 0 radical (unpaired) electrons. The van der Waals surface area contributed by atoms with Crippen molar-refractivity contribution >= 4 is 23.4 Å². The third kappa shape index (κ3) is 5.13. The number of carbonyl (C=O) groups excluding carboxylic acids is 1. The predicted molar refractivity (Wildman–Crippen MR) is 122 cm³/mol. The minimum absolute atomic E-state index is 0.0302. The fourth-order valence-electron chi connectivity index (χ4n) is 3.11. The Hall–Kier alpha value is -3.44. The molecule has 0 aliphatic heterocycles. The molecule has 0 spiro atoms. The van der Waals surface area contributed by atoms with Gasteiger partial charge in [-0.15, -0.1) is 0 Å². The second kappa shape index (κ2) is 9.37. The van der Waals surface area contributed by atoms with Crippen molar-refractivity contribution in [2.24, 2.45) is 0 Å². The molecular weight excluding hydrogens is 390 g/mol. The molecule has 4 aromatic rings. The van der Waals surface area contributed by atoms with E-state index in [-0.39, 0.29) is 5.91 Å². The van der Waals surface area contributed by atoms with Crippen LogP contribution in [-0.4, -0.2) is 15.9 Å². The lowest BCUT2D eigenvalue weighted by molar-refractivity contribution is -0.115. The first-order chi connectivity index (χ1) is 14.7. The number of benzene rings is 3. The molecule has 30 heavy (non-hydrogen) atoms. The summed E-state index contributed by atoms with van der Waals surface area (Å²) in [6.07, 6.45) is 3.79. The monoisotopic (exact) mass is 411 g/mol. The topological polar surface area (TPSA) is 54.9 Å². The molecule has 1 N–H and O–H groups in total. The highest BCUT2D eigenvalue weighted by Crippen LogP contribution is 2.28. The van der Waals surface area contributed by atoms with Gasteiger partial charge in [0.25, 0.3) is 0 Å². The summed E-state index contributed by atoms with van der Waals surface area (Å²) in [5, 5.41) is 3.72. The first-order valence-corrected chi connectivity index (χ1v) is 10.5. The Morgan fingerprint density at radius 1 is 0.867 bits per heavy atom. The average Bonchev–Trinajstić information content (AvgIpc) is 2.77. The highest BCUT2D eigenvalue weighted by Gasteiger charge is 2.08. The molecule has 5 heteroatoms. The van der Waals surface area contributed by atoms with Crippen LogP contribution >= 0.6 is 11.8 Å². The number of aromatic nitrogens is 2. The number of aryl methyl sites for hydroxylation is 1. The van der Waals surface area contributed by atoms with Gasteiger partial charge in [0.2, 0.25) is 5.91 Å². The van der Waals surface area contributed by atoms with Crippen molar-refractivity contribution in [2.75, 3.05) is 5.32 Å². The summed E-state index contributed by atoms with van der Waals surface area (Å²) in [6, 6.07) is 26.1. The molecule has 1 heterocycles. The van der Waals surface area contributed by atoms with Crippen molar-refractivity contribution in [3.05, 3.63) is 102 Å². The molecule has 0 unspecified atom stereocenters. The smallest absolute Gasteiger partial charge is 0.228 e. The lowest BCUT2D eigenvalue weighted by Gasteiger charge is -2.10. The van der Waals surface area contributed by atoms with Gasteiger partial charge in [0.1, 0.15) is 0 Å². The fraction of sp³-hybridized carbons (Fsp3) is 0.0800. The lowest BCUT2D eigenvalue weighted by atomic mass is 10.0. The Morgan fingerprint density at radius 3 is 2.27 bits per heavy atom. The van der Waals surface area contributed by atoms with Gasteiger partial charge in [0.15, 0.2) is 5.16 Å². The normalized spacial score (nSPS) is 10.6. The standard InChI is InChI=1S/C25H21N3OS/c1-18-16-22(30-25-26-14-5-15-27-25)12-13-23(18)28-24(29)17-19-8-10-21(11-9-19)20-6-3-2-4-7-20/h2-16H,17H2,1H3,(H,28,29). The molecule has 0 atom stereocenters. The van der Waals surface area contributed by atoms with Gasteiger partial charge in [-0.1, -0.05) is 54.6 Å². The summed E-state index contributed by atoms with van der Waals surface area (Å²) in [5.41, 5.74) is 5.12. The Kier molecular flexibility index (Phi) is 6.20. The van der Waals surface area contributed by atoms with Crippen LogP contribution in [0.3, 0.4) is 0 Å². The van der Waals surface area contributed by atoms with Crippen LogP contribution < -0.4 is 5.32 Å². The average molecular weight is 412 g/mol. The summed E-state index contributed by atoms with van der Waals surface area (Å²) >= 11 is 1.50.